The Labute approximate surface area is 201 Å². The third-order valence-electron chi connectivity index (χ3n) is 6.88. The molecule has 0 atom stereocenters. The lowest BCUT2D eigenvalue weighted by atomic mass is 9.98. The molecule has 1 N–H and O–H groups in total. The van der Waals surface area contributed by atoms with E-state index in [9.17, 15) is 13.2 Å². The van der Waals surface area contributed by atoms with Gasteiger partial charge in [0.05, 0.1) is 18.6 Å². The summed E-state index contributed by atoms with van der Waals surface area (Å²) in [5.74, 6) is 1.88. The van der Waals surface area contributed by atoms with E-state index in [-0.39, 0.29) is 30.5 Å². The maximum absolute atomic E-state index is 12.3. The number of pyridine rings is 1. The predicted molar refractivity (Wildman–Crippen MR) is 127 cm³/mol. The monoisotopic (exact) mass is 496 g/mol. The number of carbonyl (C=O) groups is 1. The Balaban J connectivity index is 1.17. The molecule has 3 aliphatic rings. The minimum atomic E-state index is -3.31. The summed E-state index contributed by atoms with van der Waals surface area (Å²) in [4.78, 5) is 20.6. The Bertz CT molecular complexity index is 921. The van der Waals surface area contributed by atoms with E-state index < -0.39 is 10.0 Å². The van der Waals surface area contributed by atoms with E-state index in [1.165, 1.54) is 4.31 Å². The molecule has 34 heavy (non-hydrogen) atoms. The highest BCUT2D eigenvalue weighted by molar-refractivity contribution is 7.89. The van der Waals surface area contributed by atoms with Crippen LogP contribution in [0.25, 0.3) is 0 Å². The molecule has 1 amide bonds. The Kier molecular flexibility index (Phi) is 7.83. The molecule has 1 aromatic heterocycles. The first-order valence-corrected chi connectivity index (χ1v) is 13.8. The number of piperidine rings is 1. The molecule has 1 aliphatic carbocycles. The van der Waals surface area contributed by atoms with Gasteiger partial charge in [0.2, 0.25) is 10.0 Å². The summed E-state index contributed by atoms with van der Waals surface area (Å²) in [6, 6.07) is 3.80. The number of nitrogens with zero attached hydrogens (tertiary/aromatic N) is 4. The lowest BCUT2D eigenvalue weighted by Gasteiger charge is -2.34. The van der Waals surface area contributed by atoms with Gasteiger partial charge in [0.25, 0.3) is 0 Å². The number of hydrogen-bond acceptors (Lipinski definition) is 8. The van der Waals surface area contributed by atoms with Crippen LogP contribution in [-0.2, 0) is 14.8 Å². The highest BCUT2D eigenvalue weighted by Gasteiger charge is 2.43. The summed E-state index contributed by atoms with van der Waals surface area (Å²) in [5.41, 5.74) is -0.234. The number of aliphatic hydroxyl groups excluding tert-OH is 1. The first-order valence-electron chi connectivity index (χ1n) is 12.2. The number of aliphatic hydroxyl groups is 1. The van der Waals surface area contributed by atoms with Crippen LogP contribution in [0.15, 0.2) is 18.3 Å². The zero-order valence-electron chi connectivity index (χ0n) is 19.9. The number of amides is 1. The third kappa shape index (κ3) is 6.51. The topological polar surface area (TPSA) is 113 Å². The van der Waals surface area contributed by atoms with E-state index in [1.54, 1.807) is 11.1 Å². The van der Waals surface area contributed by atoms with Gasteiger partial charge in [-0.15, -0.1) is 0 Å². The van der Waals surface area contributed by atoms with Crippen LogP contribution < -0.4 is 9.64 Å². The van der Waals surface area contributed by atoms with Crippen LogP contribution in [0.4, 0.5) is 10.6 Å². The number of likely N-dealkylation sites (tertiary alicyclic amines) is 1. The van der Waals surface area contributed by atoms with E-state index >= 15 is 0 Å². The second-order valence-electron chi connectivity index (χ2n) is 9.69. The Hall–Kier alpha value is -2.11. The van der Waals surface area contributed by atoms with E-state index in [0.717, 1.165) is 31.5 Å². The second-order valence-corrected chi connectivity index (χ2v) is 11.8. The molecule has 10 nitrogen and oxygen atoms in total. The van der Waals surface area contributed by atoms with Crippen molar-refractivity contribution >= 4 is 21.9 Å². The van der Waals surface area contributed by atoms with Crippen molar-refractivity contribution in [2.45, 2.75) is 44.6 Å². The highest BCUT2D eigenvalue weighted by atomic mass is 32.2. The Morgan fingerprint density at radius 3 is 2.44 bits per heavy atom. The van der Waals surface area contributed by atoms with Gasteiger partial charge in [0, 0.05) is 45.9 Å². The molecule has 0 bridgehead atoms. The zero-order valence-corrected chi connectivity index (χ0v) is 20.7. The summed E-state index contributed by atoms with van der Waals surface area (Å²) in [6.07, 6.45) is 5.48. The average Bonchev–Trinajstić information content (AvgIpc) is 3.58. The molecule has 0 unspecified atom stereocenters. The quantitative estimate of drug-likeness (QED) is 0.550. The van der Waals surface area contributed by atoms with Crippen molar-refractivity contribution in [3.05, 3.63) is 18.3 Å². The second kappa shape index (κ2) is 10.7. The average molecular weight is 497 g/mol. The number of anilines is 1. The van der Waals surface area contributed by atoms with Crippen LogP contribution in [0, 0.1) is 5.92 Å². The van der Waals surface area contributed by atoms with Crippen molar-refractivity contribution in [1.29, 1.82) is 0 Å². The van der Waals surface area contributed by atoms with Crippen LogP contribution in [-0.4, -0.2) is 97.6 Å². The van der Waals surface area contributed by atoms with Gasteiger partial charge in [0.15, 0.2) is 0 Å². The van der Waals surface area contributed by atoms with Crippen molar-refractivity contribution in [3.63, 3.8) is 0 Å². The normalized spacial score (nSPS) is 21.4. The van der Waals surface area contributed by atoms with Gasteiger partial charge in [-0.05, 0) is 57.1 Å². The van der Waals surface area contributed by atoms with Crippen molar-refractivity contribution in [3.8, 4) is 5.75 Å². The standard InChI is InChI=1S/C23H36N4O6S/c1-23(7-8-23)33-22(29)26-9-5-19(6-10-26)18-32-20-3-4-21(24-17-20)25-11-13-27(14-12-25)34(30,31)16-2-15-28/h3-4,17,19,28H,2,5-16,18H2,1H3. The minimum absolute atomic E-state index is 0.0175. The van der Waals surface area contributed by atoms with Crippen molar-refractivity contribution < 1.29 is 27.8 Å². The van der Waals surface area contributed by atoms with Crippen molar-refractivity contribution in [2.75, 3.05) is 63.1 Å². The van der Waals surface area contributed by atoms with Crippen LogP contribution in [0.2, 0.25) is 0 Å². The molecule has 2 aliphatic heterocycles. The van der Waals surface area contributed by atoms with Gasteiger partial charge in [0.1, 0.15) is 17.2 Å². The molecule has 3 heterocycles. The molecule has 11 heteroatoms. The summed E-state index contributed by atoms with van der Waals surface area (Å²) in [5, 5.41) is 8.89. The summed E-state index contributed by atoms with van der Waals surface area (Å²) in [7, 11) is -3.31. The number of carbonyl (C=O) groups excluding carboxylic acids is 1. The van der Waals surface area contributed by atoms with Crippen molar-refractivity contribution in [1.82, 2.24) is 14.2 Å². The van der Waals surface area contributed by atoms with Crippen LogP contribution in [0.1, 0.15) is 39.0 Å². The fourth-order valence-corrected chi connectivity index (χ4v) is 5.74. The molecule has 190 valence electrons. The SMILES string of the molecule is CC1(OC(=O)N2CCC(COc3ccc(N4CCN(S(=O)(=O)CCCO)CC4)nc3)CC2)CC1. The van der Waals surface area contributed by atoms with E-state index in [2.05, 4.69) is 9.88 Å². The largest absolute Gasteiger partial charge is 0.492 e. The highest BCUT2D eigenvalue weighted by Crippen LogP contribution is 2.39. The van der Waals surface area contributed by atoms with E-state index in [4.69, 9.17) is 14.6 Å². The number of piperazine rings is 1. The minimum Gasteiger partial charge on any atom is -0.492 e. The van der Waals surface area contributed by atoms with Gasteiger partial charge < -0.3 is 24.4 Å². The van der Waals surface area contributed by atoms with Gasteiger partial charge in [-0.3, -0.25) is 0 Å². The molecule has 3 fully saturated rings. The van der Waals surface area contributed by atoms with Gasteiger partial charge in [-0.2, -0.15) is 4.31 Å². The van der Waals surface area contributed by atoms with Crippen LogP contribution >= 0.6 is 0 Å². The Morgan fingerprint density at radius 1 is 1.15 bits per heavy atom. The number of aromatic nitrogens is 1. The maximum Gasteiger partial charge on any atom is 0.410 e. The van der Waals surface area contributed by atoms with E-state index in [0.29, 0.717) is 57.5 Å². The molecule has 0 aromatic carbocycles. The summed E-state index contributed by atoms with van der Waals surface area (Å²) < 4.78 is 37.6. The first-order chi connectivity index (χ1) is 16.3. The molecular formula is C23H36N4O6S. The number of sulfonamides is 1. The molecule has 0 spiro atoms. The van der Waals surface area contributed by atoms with Gasteiger partial charge in [-0.1, -0.05) is 0 Å². The molecule has 4 rings (SSSR count). The van der Waals surface area contributed by atoms with Crippen molar-refractivity contribution in [2.24, 2.45) is 5.92 Å². The fourth-order valence-electron chi connectivity index (χ4n) is 4.27. The molecule has 2 saturated heterocycles. The molecule has 1 aromatic rings. The predicted octanol–water partition coefficient (Wildman–Crippen LogP) is 1.70. The third-order valence-corrected chi connectivity index (χ3v) is 8.84. The Morgan fingerprint density at radius 2 is 1.85 bits per heavy atom. The molecule has 1 saturated carbocycles. The molecule has 0 radical (unpaired) electrons. The fraction of sp³-hybridized carbons (Fsp3) is 0.739. The zero-order chi connectivity index (χ0) is 24.2. The van der Waals surface area contributed by atoms with Crippen LogP contribution in [0.5, 0.6) is 5.75 Å². The van der Waals surface area contributed by atoms with E-state index in [1.807, 2.05) is 19.1 Å². The number of ether oxygens (including phenoxy) is 2. The number of hydrogen-bond donors (Lipinski definition) is 1. The lowest BCUT2D eigenvalue weighted by Crippen LogP contribution is -2.49. The summed E-state index contributed by atoms with van der Waals surface area (Å²) >= 11 is 0. The maximum atomic E-state index is 12.3. The number of rotatable bonds is 9. The van der Waals surface area contributed by atoms with Gasteiger partial charge >= 0.3 is 6.09 Å². The molecular weight excluding hydrogens is 460 g/mol. The van der Waals surface area contributed by atoms with Gasteiger partial charge in [-0.25, -0.2) is 18.2 Å². The first kappa shape index (κ1) is 25.0. The smallest absolute Gasteiger partial charge is 0.410 e. The summed E-state index contributed by atoms with van der Waals surface area (Å²) in [6.45, 7) is 5.83. The lowest BCUT2D eigenvalue weighted by molar-refractivity contribution is 0.0456. The van der Waals surface area contributed by atoms with Crippen LogP contribution in [0.3, 0.4) is 0 Å².